The molecule has 19 heavy (non-hydrogen) atoms. The second kappa shape index (κ2) is 6.79. The van der Waals surface area contributed by atoms with Crippen molar-refractivity contribution >= 4 is 15.9 Å². The maximum absolute atomic E-state index is 5.67. The molecule has 1 heterocycles. The highest BCUT2D eigenvalue weighted by molar-refractivity contribution is 9.10. The average Bonchev–Trinajstić information content (AvgIpc) is 2.84. The lowest BCUT2D eigenvalue weighted by molar-refractivity contribution is 0.499. The Morgan fingerprint density at radius 3 is 3.00 bits per heavy atom. The summed E-state index contributed by atoms with van der Waals surface area (Å²) in [5.41, 5.74) is 3.98. The summed E-state index contributed by atoms with van der Waals surface area (Å²) in [7, 11) is 0. The van der Waals surface area contributed by atoms with Crippen LogP contribution < -0.4 is 11.3 Å². The van der Waals surface area contributed by atoms with Crippen molar-refractivity contribution in [3.05, 3.63) is 46.5 Å². The Labute approximate surface area is 121 Å². The second-order valence-electron chi connectivity index (χ2n) is 4.38. The molecule has 0 saturated carbocycles. The van der Waals surface area contributed by atoms with E-state index in [1.807, 2.05) is 16.8 Å². The Bertz CT molecular complexity index is 525. The van der Waals surface area contributed by atoms with Gasteiger partial charge in [0.05, 0.1) is 6.04 Å². The number of halogens is 1. The monoisotopic (exact) mass is 323 g/mol. The molecule has 1 aromatic heterocycles. The van der Waals surface area contributed by atoms with Gasteiger partial charge in [-0.2, -0.15) is 5.10 Å². The molecular formula is C13H18BrN5. The predicted octanol–water partition coefficient (Wildman–Crippen LogP) is 2.20. The van der Waals surface area contributed by atoms with Gasteiger partial charge >= 0.3 is 0 Å². The maximum Gasteiger partial charge on any atom is 0.138 e. The maximum atomic E-state index is 5.67. The Balaban J connectivity index is 2.17. The number of nitrogens with zero attached hydrogens (tertiary/aromatic N) is 3. The number of nitrogens with one attached hydrogen (secondary N) is 1. The third-order valence-electron chi connectivity index (χ3n) is 2.97. The zero-order valence-corrected chi connectivity index (χ0v) is 12.5. The summed E-state index contributed by atoms with van der Waals surface area (Å²) < 4.78 is 2.97. The van der Waals surface area contributed by atoms with E-state index in [2.05, 4.69) is 50.5 Å². The molecular weight excluding hydrogens is 306 g/mol. The third-order valence-corrected chi connectivity index (χ3v) is 3.46. The van der Waals surface area contributed by atoms with E-state index in [1.165, 1.54) is 0 Å². The van der Waals surface area contributed by atoms with Gasteiger partial charge in [0.1, 0.15) is 12.2 Å². The summed E-state index contributed by atoms with van der Waals surface area (Å²) in [5, 5.41) is 4.23. The molecule has 2 rings (SSSR count). The van der Waals surface area contributed by atoms with Crippen LogP contribution in [0.15, 0.2) is 35.1 Å². The third kappa shape index (κ3) is 3.62. The second-order valence-corrected chi connectivity index (χ2v) is 5.29. The van der Waals surface area contributed by atoms with Gasteiger partial charge in [-0.15, -0.1) is 0 Å². The van der Waals surface area contributed by atoms with Crippen molar-refractivity contribution in [1.29, 1.82) is 0 Å². The van der Waals surface area contributed by atoms with Crippen molar-refractivity contribution in [1.82, 2.24) is 20.2 Å². The molecule has 0 aliphatic carbocycles. The van der Waals surface area contributed by atoms with Crippen LogP contribution in [0.1, 0.15) is 30.8 Å². The van der Waals surface area contributed by atoms with Crippen molar-refractivity contribution in [2.45, 2.75) is 32.4 Å². The van der Waals surface area contributed by atoms with Crippen LogP contribution in [0.25, 0.3) is 0 Å². The molecule has 0 saturated heterocycles. The normalized spacial score (nSPS) is 12.6. The van der Waals surface area contributed by atoms with Crippen molar-refractivity contribution in [3.8, 4) is 0 Å². The van der Waals surface area contributed by atoms with E-state index in [1.54, 1.807) is 6.33 Å². The lowest BCUT2D eigenvalue weighted by Crippen LogP contribution is -2.30. The molecule has 102 valence electrons. The molecule has 0 fully saturated rings. The molecule has 0 amide bonds. The summed E-state index contributed by atoms with van der Waals surface area (Å²) in [6, 6.07) is 8.13. The minimum absolute atomic E-state index is 0.0253. The summed E-state index contributed by atoms with van der Waals surface area (Å²) in [4.78, 5) is 4.32. The molecule has 0 spiro atoms. The quantitative estimate of drug-likeness (QED) is 0.631. The fourth-order valence-electron chi connectivity index (χ4n) is 2.02. The van der Waals surface area contributed by atoms with Crippen LogP contribution in [0.4, 0.5) is 0 Å². The first-order valence-corrected chi connectivity index (χ1v) is 7.12. The van der Waals surface area contributed by atoms with Gasteiger partial charge < -0.3 is 0 Å². The SMILES string of the molecule is CCCn1ncnc1CC(NN)c1cccc(Br)c1. The van der Waals surface area contributed by atoms with Crippen molar-refractivity contribution in [2.24, 2.45) is 5.84 Å². The zero-order chi connectivity index (χ0) is 13.7. The number of hydrogen-bond donors (Lipinski definition) is 2. The molecule has 0 aliphatic heterocycles. The van der Waals surface area contributed by atoms with Gasteiger partial charge in [-0.3, -0.25) is 16.0 Å². The van der Waals surface area contributed by atoms with Crippen LogP contribution in [0.2, 0.25) is 0 Å². The van der Waals surface area contributed by atoms with Crippen molar-refractivity contribution < 1.29 is 0 Å². The fourth-order valence-corrected chi connectivity index (χ4v) is 2.44. The lowest BCUT2D eigenvalue weighted by Gasteiger charge is -2.16. The van der Waals surface area contributed by atoms with E-state index >= 15 is 0 Å². The number of aryl methyl sites for hydroxylation is 1. The number of rotatable bonds is 6. The minimum Gasteiger partial charge on any atom is -0.271 e. The highest BCUT2D eigenvalue weighted by Gasteiger charge is 2.14. The Kier molecular flexibility index (Phi) is 5.07. The summed E-state index contributed by atoms with van der Waals surface area (Å²) in [5.74, 6) is 6.62. The van der Waals surface area contributed by atoms with Crippen LogP contribution in [-0.2, 0) is 13.0 Å². The highest BCUT2D eigenvalue weighted by Crippen LogP contribution is 2.20. The smallest absolute Gasteiger partial charge is 0.138 e. The Morgan fingerprint density at radius 2 is 2.32 bits per heavy atom. The number of benzene rings is 1. The molecule has 1 aromatic carbocycles. The first-order chi connectivity index (χ1) is 9.24. The van der Waals surface area contributed by atoms with Gasteiger partial charge in [0.2, 0.25) is 0 Å². The number of nitrogens with two attached hydrogens (primary N) is 1. The topological polar surface area (TPSA) is 68.8 Å². The molecule has 0 bridgehead atoms. The molecule has 0 radical (unpaired) electrons. The molecule has 1 unspecified atom stereocenters. The van der Waals surface area contributed by atoms with Crippen molar-refractivity contribution in [3.63, 3.8) is 0 Å². The largest absolute Gasteiger partial charge is 0.271 e. The van der Waals surface area contributed by atoms with E-state index in [0.29, 0.717) is 6.42 Å². The van der Waals surface area contributed by atoms with Crippen LogP contribution in [-0.4, -0.2) is 14.8 Å². The van der Waals surface area contributed by atoms with Gasteiger partial charge in [-0.05, 0) is 24.1 Å². The Morgan fingerprint density at radius 1 is 1.47 bits per heavy atom. The molecule has 1 atom stereocenters. The van der Waals surface area contributed by atoms with Crippen LogP contribution in [0.3, 0.4) is 0 Å². The number of aromatic nitrogens is 3. The number of hydrogen-bond acceptors (Lipinski definition) is 4. The van der Waals surface area contributed by atoms with Crippen LogP contribution in [0, 0.1) is 0 Å². The molecule has 6 heteroatoms. The Hall–Kier alpha value is -1.24. The molecule has 2 aromatic rings. The van der Waals surface area contributed by atoms with Crippen molar-refractivity contribution in [2.75, 3.05) is 0 Å². The molecule has 3 N–H and O–H groups in total. The first-order valence-electron chi connectivity index (χ1n) is 6.33. The van der Waals surface area contributed by atoms with Gasteiger partial charge in [0, 0.05) is 17.4 Å². The lowest BCUT2D eigenvalue weighted by atomic mass is 10.0. The van der Waals surface area contributed by atoms with E-state index < -0.39 is 0 Å². The highest BCUT2D eigenvalue weighted by atomic mass is 79.9. The standard InChI is InChI=1S/C13H18BrN5/c1-2-6-19-13(16-9-17-19)8-12(18-15)10-4-3-5-11(14)7-10/h3-5,7,9,12,18H,2,6,8,15H2,1H3. The van der Waals surface area contributed by atoms with E-state index in [-0.39, 0.29) is 6.04 Å². The molecule has 5 nitrogen and oxygen atoms in total. The van der Waals surface area contributed by atoms with Crippen LogP contribution in [0.5, 0.6) is 0 Å². The van der Waals surface area contributed by atoms with Gasteiger partial charge in [0.25, 0.3) is 0 Å². The predicted molar refractivity (Wildman–Crippen MR) is 78.2 cm³/mol. The van der Waals surface area contributed by atoms with Gasteiger partial charge in [0.15, 0.2) is 0 Å². The first kappa shape index (κ1) is 14.2. The zero-order valence-electron chi connectivity index (χ0n) is 10.9. The van der Waals surface area contributed by atoms with E-state index in [0.717, 1.165) is 28.8 Å². The van der Waals surface area contributed by atoms with Gasteiger partial charge in [-0.25, -0.2) is 4.98 Å². The van der Waals surface area contributed by atoms with E-state index in [4.69, 9.17) is 5.84 Å². The molecule has 0 aliphatic rings. The van der Waals surface area contributed by atoms with Gasteiger partial charge in [-0.1, -0.05) is 35.0 Å². The fraction of sp³-hybridized carbons (Fsp3) is 0.385. The van der Waals surface area contributed by atoms with E-state index in [9.17, 15) is 0 Å². The minimum atomic E-state index is 0.0253. The summed E-state index contributed by atoms with van der Waals surface area (Å²) in [6.45, 7) is 3.00. The summed E-state index contributed by atoms with van der Waals surface area (Å²) >= 11 is 3.48. The average molecular weight is 324 g/mol. The van der Waals surface area contributed by atoms with Crippen LogP contribution >= 0.6 is 15.9 Å². The number of hydrazine groups is 1. The summed E-state index contributed by atoms with van der Waals surface area (Å²) in [6.07, 6.45) is 3.35.